The van der Waals surface area contributed by atoms with Crippen molar-refractivity contribution in [2.24, 2.45) is 5.73 Å². The number of benzene rings is 2. The molecule has 1 aromatic heterocycles. The monoisotopic (exact) mass is 312 g/mol. The molecule has 0 saturated carbocycles. The van der Waals surface area contributed by atoms with Crippen LogP contribution in [0.4, 0.5) is 0 Å². The highest BCUT2D eigenvalue weighted by atomic mass is 35.5. The van der Waals surface area contributed by atoms with Gasteiger partial charge in [0.1, 0.15) is 0 Å². The highest BCUT2D eigenvalue weighted by Crippen LogP contribution is 2.28. The summed E-state index contributed by atoms with van der Waals surface area (Å²) in [6.07, 6.45) is 3.22. The van der Waals surface area contributed by atoms with Gasteiger partial charge in [-0.15, -0.1) is 0 Å². The summed E-state index contributed by atoms with van der Waals surface area (Å²) in [6.45, 7) is 3.79. The minimum absolute atomic E-state index is 0.313. The van der Waals surface area contributed by atoms with Gasteiger partial charge in [-0.25, -0.2) is 0 Å². The number of para-hydroxylation sites is 1. The molecule has 0 saturated heterocycles. The Bertz CT molecular complexity index is 759. The van der Waals surface area contributed by atoms with E-state index in [1.807, 2.05) is 12.1 Å². The molecule has 3 aromatic rings. The lowest BCUT2D eigenvalue weighted by atomic mass is 9.92. The van der Waals surface area contributed by atoms with Gasteiger partial charge in [-0.05, 0) is 49.2 Å². The van der Waals surface area contributed by atoms with Gasteiger partial charge >= 0.3 is 0 Å². The van der Waals surface area contributed by atoms with E-state index in [-0.39, 0.29) is 0 Å². The number of rotatable bonds is 5. The molecule has 0 spiro atoms. The van der Waals surface area contributed by atoms with Gasteiger partial charge in [0.25, 0.3) is 0 Å². The van der Waals surface area contributed by atoms with Gasteiger partial charge in [0, 0.05) is 34.6 Å². The van der Waals surface area contributed by atoms with E-state index in [0.717, 1.165) is 18.0 Å². The molecule has 3 heteroatoms. The van der Waals surface area contributed by atoms with Gasteiger partial charge < -0.3 is 10.3 Å². The zero-order chi connectivity index (χ0) is 15.5. The lowest BCUT2D eigenvalue weighted by Crippen LogP contribution is -2.14. The molecule has 0 radical (unpaired) electrons. The quantitative estimate of drug-likeness (QED) is 0.733. The zero-order valence-corrected chi connectivity index (χ0v) is 13.6. The van der Waals surface area contributed by atoms with Crippen molar-refractivity contribution in [3.63, 3.8) is 0 Å². The van der Waals surface area contributed by atoms with Crippen molar-refractivity contribution in [2.75, 3.05) is 6.54 Å². The lowest BCUT2D eigenvalue weighted by Gasteiger charge is -2.15. The van der Waals surface area contributed by atoms with Crippen LogP contribution in [0.3, 0.4) is 0 Å². The Morgan fingerprint density at radius 3 is 2.50 bits per heavy atom. The van der Waals surface area contributed by atoms with Crippen molar-refractivity contribution >= 4 is 22.5 Å². The number of aromatic nitrogens is 1. The van der Waals surface area contributed by atoms with E-state index in [0.29, 0.717) is 12.5 Å². The van der Waals surface area contributed by atoms with E-state index in [1.165, 1.54) is 22.0 Å². The SMILES string of the molecule is CCn1cc(CC(CN)c2ccc(Cl)cc2)c2ccccc21. The predicted molar refractivity (Wildman–Crippen MR) is 94.6 cm³/mol. The molecule has 0 fully saturated rings. The largest absolute Gasteiger partial charge is 0.347 e. The highest BCUT2D eigenvalue weighted by molar-refractivity contribution is 6.30. The van der Waals surface area contributed by atoms with Gasteiger partial charge in [-0.1, -0.05) is 41.9 Å². The van der Waals surface area contributed by atoms with E-state index in [1.54, 1.807) is 0 Å². The molecular weight excluding hydrogens is 292 g/mol. The van der Waals surface area contributed by atoms with E-state index in [4.69, 9.17) is 17.3 Å². The predicted octanol–water partition coefficient (Wildman–Crippen LogP) is 4.60. The van der Waals surface area contributed by atoms with Crippen LogP contribution >= 0.6 is 11.6 Å². The first-order chi connectivity index (χ1) is 10.7. The minimum Gasteiger partial charge on any atom is -0.347 e. The summed E-state index contributed by atoms with van der Waals surface area (Å²) in [7, 11) is 0. The Morgan fingerprint density at radius 2 is 1.82 bits per heavy atom. The van der Waals surface area contributed by atoms with Crippen molar-refractivity contribution < 1.29 is 0 Å². The molecule has 0 aliphatic heterocycles. The van der Waals surface area contributed by atoms with Crippen LogP contribution in [0.25, 0.3) is 10.9 Å². The van der Waals surface area contributed by atoms with Gasteiger partial charge in [0.2, 0.25) is 0 Å². The van der Waals surface area contributed by atoms with Crippen LogP contribution in [0.1, 0.15) is 24.0 Å². The number of hydrogen-bond acceptors (Lipinski definition) is 1. The maximum Gasteiger partial charge on any atom is 0.0483 e. The van der Waals surface area contributed by atoms with Crippen molar-refractivity contribution in [2.45, 2.75) is 25.8 Å². The average molecular weight is 313 g/mol. The summed E-state index contributed by atoms with van der Waals surface area (Å²) in [6, 6.07) is 16.6. The van der Waals surface area contributed by atoms with Gasteiger partial charge in [0.05, 0.1) is 0 Å². The van der Waals surface area contributed by atoms with Crippen LogP contribution in [-0.4, -0.2) is 11.1 Å². The molecule has 3 rings (SSSR count). The summed E-state index contributed by atoms with van der Waals surface area (Å²) in [4.78, 5) is 0. The van der Waals surface area contributed by atoms with Crippen molar-refractivity contribution in [1.29, 1.82) is 0 Å². The second kappa shape index (κ2) is 6.55. The van der Waals surface area contributed by atoms with Crippen LogP contribution < -0.4 is 5.73 Å². The molecule has 114 valence electrons. The number of nitrogens with two attached hydrogens (primary N) is 1. The molecular formula is C19H21ClN2. The van der Waals surface area contributed by atoms with E-state index in [9.17, 15) is 0 Å². The van der Waals surface area contributed by atoms with Gasteiger partial charge in [0.15, 0.2) is 0 Å². The smallest absolute Gasteiger partial charge is 0.0483 e. The number of fused-ring (bicyclic) bond motifs is 1. The normalized spacial score (nSPS) is 12.7. The van der Waals surface area contributed by atoms with E-state index >= 15 is 0 Å². The standard InChI is InChI=1S/C19H21ClN2/c1-2-22-13-16(18-5-3-4-6-19(18)22)11-15(12-21)14-7-9-17(20)10-8-14/h3-10,13,15H,2,11-12,21H2,1H3. The molecule has 2 aromatic carbocycles. The van der Waals surface area contributed by atoms with Gasteiger partial charge in [-0.2, -0.15) is 0 Å². The molecule has 0 aliphatic rings. The summed E-state index contributed by atoms with van der Waals surface area (Å²) >= 11 is 5.99. The van der Waals surface area contributed by atoms with Crippen LogP contribution in [-0.2, 0) is 13.0 Å². The second-order valence-electron chi connectivity index (χ2n) is 5.65. The van der Waals surface area contributed by atoms with Crippen molar-refractivity contribution in [3.05, 3.63) is 70.9 Å². The molecule has 0 amide bonds. The van der Waals surface area contributed by atoms with Crippen LogP contribution in [0.5, 0.6) is 0 Å². The lowest BCUT2D eigenvalue weighted by molar-refractivity contribution is 0.692. The minimum atomic E-state index is 0.313. The van der Waals surface area contributed by atoms with Gasteiger partial charge in [-0.3, -0.25) is 0 Å². The Labute approximate surface area is 136 Å². The third-order valence-corrected chi connectivity index (χ3v) is 4.56. The number of nitrogens with zero attached hydrogens (tertiary/aromatic N) is 1. The summed E-state index contributed by atoms with van der Waals surface area (Å²) < 4.78 is 2.31. The van der Waals surface area contributed by atoms with Crippen LogP contribution in [0.2, 0.25) is 5.02 Å². The first kappa shape index (κ1) is 15.1. The van der Waals surface area contributed by atoms with Crippen LogP contribution in [0, 0.1) is 0 Å². The van der Waals surface area contributed by atoms with E-state index in [2.05, 4.69) is 54.1 Å². The third kappa shape index (κ3) is 2.90. The maximum atomic E-state index is 6.03. The molecule has 0 aliphatic carbocycles. The second-order valence-corrected chi connectivity index (χ2v) is 6.08. The van der Waals surface area contributed by atoms with Crippen molar-refractivity contribution in [3.8, 4) is 0 Å². The fourth-order valence-corrected chi connectivity index (χ4v) is 3.21. The Balaban J connectivity index is 1.95. The molecule has 2 nitrogen and oxygen atoms in total. The third-order valence-electron chi connectivity index (χ3n) is 4.30. The van der Waals surface area contributed by atoms with Crippen molar-refractivity contribution in [1.82, 2.24) is 4.57 Å². The summed E-state index contributed by atoms with van der Waals surface area (Å²) in [5.41, 5.74) is 9.95. The first-order valence-corrected chi connectivity index (χ1v) is 8.13. The van der Waals surface area contributed by atoms with Crippen LogP contribution in [0.15, 0.2) is 54.7 Å². The Hall–Kier alpha value is -1.77. The summed E-state index contributed by atoms with van der Waals surface area (Å²) in [5, 5.41) is 2.10. The Morgan fingerprint density at radius 1 is 1.09 bits per heavy atom. The Kier molecular flexibility index (Phi) is 4.51. The number of hydrogen-bond donors (Lipinski definition) is 1. The topological polar surface area (TPSA) is 30.9 Å². The number of aryl methyl sites for hydroxylation is 1. The summed E-state index contributed by atoms with van der Waals surface area (Å²) in [5.74, 6) is 0.313. The highest BCUT2D eigenvalue weighted by Gasteiger charge is 2.14. The average Bonchev–Trinajstić information content (AvgIpc) is 2.91. The molecule has 1 heterocycles. The molecule has 0 bridgehead atoms. The molecule has 1 atom stereocenters. The molecule has 1 unspecified atom stereocenters. The number of halogens is 1. The zero-order valence-electron chi connectivity index (χ0n) is 12.8. The maximum absolute atomic E-state index is 6.03. The first-order valence-electron chi connectivity index (χ1n) is 7.75. The fraction of sp³-hybridized carbons (Fsp3) is 0.263. The van der Waals surface area contributed by atoms with E-state index < -0.39 is 0 Å². The fourth-order valence-electron chi connectivity index (χ4n) is 3.08. The molecule has 2 N–H and O–H groups in total. The molecule has 22 heavy (non-hydrogen) atoms.